The molecule has 2 atom stereocenters. The zero-order valence-electron chi connectivity index (χ0n) is 9.73. The molecule has 6 nitrogen and oxygen atoms in total. The fraction of sp³-hybridized carbons (Fsp3) is 0.800. The lowest BCUT2D eigenvalue weighted by Gasteiger charge is -2.24. The summed E-state index contributed by atoms with van der Waals surface area (Å²) in [6.07, 6.45) is 0. The maximum atomic E-state index is 12.0. The molecule has 1 saturated heterocycles. The Morgan fingerprint density at radius 1 is 1.50 bits per heavy atom. The van der Waals surface area contributed by atoms with Gasteiger partial charge in [-0.3, -0.25) is 9.59 Å². The number of hydrogen-bond donors (Lipinski definition) is 2. The first-order valence-electron chi connectivity index (χ1n) is 5.42. The Balaban J connectivity index is 2.58. The third kappa shape index (κ3) is 2.93. The van der Waals surface area contributed by atoms with Gasteiger partial charge in [-0.15, -0.1) is 0 Å². The highest BCUT2D eigenvalue weighted by molar-refractivity contribution is 5.86. The predicted molar refractivity (Wildman–Crippen MR) is 58.6 cm³/mol. The van der Waals surface area contributed by atoms with Crippen molar-refractivity contribution >= 4 is 11.8 Å². The molecule has 2 amide bonds. The van der Waals surface area contributed by atoms with Crippen LogP contribution in [0, 0.1) is 5.92 Å². The van der Waals surface area contributed by atoms with E-state index in [1.165, 1.54) is 4.90 Å². The summed E-state index contributed by atoms with van der Waals surface area (Å²) in [5.74, 6) is -0.594. The van der Waals surface area contributed by atoms with E-state index < -0.39 is 0 Å². The van der Waals surface area contributed by atoms with Crippen LogP contribution in [-0.4, -0.2) is 56.1 Å². The molecule has 0 aromatic heterocycles. The minimum atomic E-state index is -0.315. The summed E-state index contributed by atoms with van der Waals surface area (Å²) in [6.45, 7) is 3.17. The Labute approximate surface area is 95.1 Å². The molecule has 1 fully saturated rings. The van der Waals surface area contributed by atoms with Gasteiger partial charge in [-0.2, -0.15) is 0 Å². The molecule has 92 valence electrons. The van der Waals surface area contributed by atoms with Crippen molar-refractivity contribution < 1.29 is 14.3 Å². The molecule has 16 heavy (non-hydrogen) atoms. The predicted octanol–water partition coefficient (Wildman–Crippen LogP) is -1.45. The van der Waals surface area contributed by atoms with E-state index in [1.54, 1.807) is 7.05 Å². The van der Waals surface area contributed by atoms with Gasteiger partial charge in [0.25, 0.3) is 0 Å². The Bertz CT molecular complexity index is 270. The monoisotopic (exact) mass is 229 g/mol. The van der Waals surface area contributed by atoms with Gasteiger partial charge in [-0.1, -0.05) is 0 Å². The largest absolute Gasteiger partial charge is 0.379 e. The smallest absolute Gasteiger partial charge is 0.239 e. The molecule has 0 saturated carbocycles. The van der Waals surface area contributed by atoms with Crippen molar-refractivity contribution in [1.82, 2.24) is 10.2 Å². The molecule has 1 heterocycles. The first kappa shape index (κ1) is 12.9. The van der Waals surface area contributed by atoms with Gasteiger partial charge in [0, 0.05) is 19.6 Å². The second-order valence-electron chi connectivity index (χ2n) is 3.83. The third-order valence-corrected chi connectivity index (χ3v) is 2.75. The van der Waals surface area contributed by atoms with E-state index in [1.807, 2.05) is 6.92 Å². The summed E-state index contributed by atoms with van der Waals surface area (Å²) in [6, 6.07) is -0.258. The van der Waals surface area contributed by atoms with Crippen molar-refractivity contribution in [3.63, 3.8) is 0 Å². The van der Waals surface area contributed by atoms with Crippen LogP contribution < -0.4 is 11.1 Å². The van der Waals surface area contributed by atoms with Gasteiger partial charge in [0.15, 0.2) is 0 Å². The fourth-order valence-corrected chi connectivity index (χ4v) is 1.66. The summed E-state index contributed by atoms with van der Waals surface area (Å²) in [5, 5.41) is 2.49. The quantitative estimate of drug-likeness (QED) is 0.618. The molecular formula is C10H19N3O3. The minimum absolute atomic E-state index is 0.0784. The molecule has 6 heteroatoms. The first-order valence-corrected chi connectivity index (χ1v) is 5.42. The summed E-state index contributed by atoms with van der Waals surface area (Å²) < 4.78 is 5.14. The van der Waals surface area contributed by atoms with E-state index >= 15 is 0 Å². The van der Waals surface area contributed by atoms with Crippen LogP contribution in [0.4, 0.5) is 0 Å². The molecule has 0 radical (unpaired) electrons. The summed E-state index contributed by atoms with van der Waals surface area (Å²) in [7, 11) is 1.55. The van der Waals surface area contributed by atoms with Gasteiger partial charge >= 0.3 is 0 Å². The Morgan fingerprint density at radius 3 is 2.62 bits per heavy atom. The summed E-state index contributed by atoms with van der Waals surface area (Å²) in [5.41, 5.74) is 5.76. The molecule has 0 aromatic carbocycles. The number of nitrogens with two attached hydrogens (primary N) is 1. The molecule has 1 rings (SSSR count). The number of likely N-dealkylation sites (N-methyl/N-ethyl adjacent to an activating group) is 2. The Hall–Kier alpha value is -1.14. The Morgan fingerprint density at radius 2 is 2.19 bits per heavy atom. The van der Waals surface area contributed by atoms with E-state index in [2.05, 4.69) is 5.32 Å². The molecule has 0 spiro atoms. The lowest BCUT2D eigenvalue weighted by atomic mass is 10.0. The van der Waals surface area contributed by atoms with Crippen molar-refractivity contribution in [2.45, 2.75) is 13.0 Å². The number of rotatable bonds is 4. The van der Waals surface area contributed by atoms with Crippen LogP contribution in [0.5, 0.6) is 0 Å². The van der Waals surface area contributed by atoms with Crippen molar-refractivity contribution in [3.8, 4) is 0 Å². The van der Waals surface area contributed by atoms with E-state index in [0.717, 1.165) is 0 Å². The number of nitrogens with zero attached hydrogens (tertiary/aromatic N) is 1. The maximum Gasteiger partial charge on any atom is 0.239 e. The van der Waals surface area contributed by atoms with Gasteiger partial charge in [-0.05, 0) is 6.92 Å². The summed E-state index contributed by atoms with van der Waals surface area (Å²) >= 11 is 0. The highest BCUT2D eigenvalue weighted by atomic mass is 16.5. The molecule has 0 aliphatic carbocycles. The van der Waals surface area contributed by atoms with Crippen molar-refractivity contribution in [2.24, 2.45) is 11.7 Å². The number of carbonyl (C=O) groups excluding carboxylic acids is 2. The summed E-state index contributed by atoms with van der Waals surface area (Å²) in [4.78, 5) is 24.7. The van der Waals surface area contributed by atoms with Gasteiger partial charge in [0.05, 0.1) is 25.7 Å². The van der Waals surface area contributed by atoms with Crippen LogP contribution in [0.2, 0.25) is 0 Å². The van der Waals surface area contributed by atoms with Crippen LogP contribution in [0.3, 0.4) is 0 Å². The zero-order chi connectivity index (χ0) is 12.1. The van der Waals surface area contributed by atoms with Gasteiger partial charge in [0.2, 0.25) is 11.8 Å². The standard InChI is InChI=1S/C10H19N3O3/c1-3-13(4-9(14)12-2)10(15)7-5-16-6-8(7)11/h7-8H,3-6,11H2,1-2H3,(H,12,14). The highest BCUT2D eigenvalue weighted by Gasteiger charge is 2.34. The average molecular weight is 229 g/mol. The van der Waals surface area contributed by atoms with Gasteiger partial charge in [-0.25, -0.2) is 0 Å². The third-order valence-electron chi connectivity index (χ3n) is 2.75. The molecule has 1 aliphatic rings. The van der Waals surface area contributed by atoms with Crippen molar-refractivity contribution in [3.05, 3.63) is 0 Å². The second kappa shape index (κ2) is 5.81. The van der Waals surface area contributed by atoms with Crippen molar-refractivity contribution in [2.75, 3.05) is 33.4 Å². The molecule has 3 N–H and O–H groups in total. The van der Waals surface area contributed by atoms with E-state index in [4.69, 9.17) is 10.5 Å². The maximum absolute atomic E-state index is 12.0. The highest BCUT2D eigenvalue weighted by Crippen LogP contribution is 2.14. The van der Waals surface area contributed by atoms with Gasteiger partial charge < -0.3 is 20.7 Å². The van der Waals surface area contributed by atoms with E-state index in [-0.39, 0.29) is 30.3 Å². The number of carbonyl (C=O) groups is 2. The number of nitrogens with one attached hydrogen (secondary N) is 1. The molecular weight excluding hydrogens is 210 g/mol. The minimum Gasteiger partial charge on any atom is -0.379 e. The second-order valence-corrected chi connectivity index (χ2v) is 3.83. The number of hydrogen-bond acceptors (Lipinski definition) is 4. The molecule has 1 aliphatic heterocycles. The first-order chi connectivity index (χ1) is 7.60. The number of amides is 2. The topological polar surface area (TPSA) is 84.7 Å². The normalized spacial score (nSPS) is 24.2. The lowest BCUT2D eigenvalue weighted by Crippen LogP contribution is -2.46. The average Bonchev–Trinajstić information content (AvgIpc) is 2.71. The molecule has 0 bridgehead atoms. The van der Waals surface area contributed by atoms with Crippen LogP contribution in [0.25, 0.3) is 0 Å². The van der Waals surface area contributed by atoms with Crippen molar-refractivity contribution in [1.29, 1.82) is 0 Å². The SMILES string of the molecule is CCN(CC(=O)NC)C(=O)C1COCC1N. The van der Waals surface area contributed by atoms with E-state index in [0.29, 0.717) is 19.8 Å². The molecule has 2 unspecified atom stereocenters. The number of ether oxygens (including phenoxy) is 1. The van der Waals surface area contributed by atoms with Crippen LogP contribution in [-0.2, 0) is 14.3 Å². The zero-order valence-corrected chi connectivity index (χ0v) is 9.73. The van der Waals surface area contributed by atoms with Crippen LogP contribution >= 0.6 is 0 Å². The fourth-order valence-electron chi connectivity index (χ4n) is 1.66. The van der Waals surface area contributed by atoms with Crippen LogP contribution in [0.1, 0.15) is 6.92 Å². The molecule has 0 aromatic rings. The lowest BCUT2D eigenvalue weighted by molar-refractivity contribution is -0.139. The Kier molecular flexibility index (Phi) is 4.70. The van der Waals surface area contributed by atoms with Crippen LogP contribution in [0.15, 0.2) is 0 Å². The van der Waals surface area contributed by atoms with E-state index in [9.17, 15) is 9.59 Å². The van der Waals surface area contributed by atoms with Gasteiger partial charge in [0.1, 0.15) is 0 Å².